The van der Waals surface area contributed by atoms with Gasteiger partial charge in [0.05, 0.1) is 11.4 Å². The highest BCUT2D eigenvalue weighted by Gasteiger charge is 2.24. The largest absolute Gasteiger partial charge is 0.335 e. The van der Waals surface area contributed by atoms with Gasteiger partial charge in [-0.2, -0.15) is 0 Å². The molecule has 0 radical (unpaired) electrons. The summed E-state index contributed by atoms with van der Waals surface area (Å²) in [7, 11) is 0. The predicted octanol–water partition coefficient (Wildman–Crippen LogP) is 1.61. The van der Waals surface area contributed by atoms with Gasteiger partial charge in [-0.15, -0.1) is 21.5 Å². The van der Waals surface area contributed by atoms with E-state index in [1.165, 1.54) is 16.2 Å². The molecule has 1 fully saturated rings. The zero-order valence-corrected chi connectivity index (χ0v) is 15.2. The number of aromatic nitrogens is 2. The fraction of sp³-hybridized carbons (Fsp3) is 0.467. The van der Waals surface area contributed by atoms with Gasteiger partial charge in [-0.1, -0.05) is 11.3 Å². The van der Waals surface area contributed by atoms with E-state index in [2.05, 4.69) is 15.5 Å². The van der Waals surface area contributed by atoms with Crippen LogP contribution in [-0.2, 0) is 4.79 Å². The van der Waals surface area contributed by atoms with Crippen molar-refractivity contribution in [2.24, 2.45) is 0 Å². The highest BCUT2D eigenvalue weighted by Crippen LogP contribution is 2.22. The molecule has 0 atom stereocenters. The van der Waals surface area contributed by atoms with E-state index >= 15 is 0 Å². The molecule has 9 heteroatoms. The normalized spacial score (nSPS) is 15.5. The first kappa shape index (κ1) is 17.0. The molecule has 1 N–H and O–H groups in total. The molecule has 0 bridgehead atoms. The van der Waals surface area contributed by atoms with E-state index in [9.17, 15) is 9.59 Å². The molecular formula is C15H19N5O2S2. The minimum atomic E-state index is -0.101. The third-order valence-electron chi connectivity index (χ3n) is 4.01. The molecule has 3 heterocycles. The molecule has 128 valence electrons. The van der Waals surface area contributed by atoms with Crippen LogP contribution in [0.4, 0.5) is 5.13 Å². The Morgan fingerprint density at radius 1 is 1.25 bits per heavy atom. The van der Waals surface area contributed by atoms with Crippen LogP contribution in [0.5, 0.6) is 0 Å². The lowest BCUT2D eigenvalue weighted by Crippen LogP contribution is -2.50. The van der Waals surface area contributed by atoms with Crippen LogP contribution in [0.3, 0.4) is 0 Å². The Kier molecular flexibility index (Phi) is 5.22. The van der Waals surface area contributed by atoms with Crippen molar-refractivity contribution in [3.63, 3.8) is 0 Å². The van der Waals surface area contributed by atoms with E-state index in [-0.39, 0.29) is 11.8 Å². The fourth-order valence-electron chi connectivity index (χ4n) is 2.53. The Bertz CT molecular complexity index is 701. The summed E-state index contributed by atoms with van der Waals surface area (Å²) >= 11 is 2.84. The average Bonchev–Trinajstić information content (AvgIpc) is 3.18. The molecule has 24 heavy (non-hydrogen) atoms. The van der Waals surface area contributed by atoms with Gasteiger partial charge in [0.1, 0.15) is 5.51 Å². The third-order valence-corrected chi connectivity index (χ3v) is 5.76. The quantitative estimate of drug-likeness (QED) is 0.891. The van der Waals surface area contributed by atoms with Crippen molar-refractivity contribution in [2.75, 3.05) is 38.0 Å². The van der Waals surface area contributed by atoms with E-state index < -0.39 is 0 Å². The number of aryl methyl sites for hydroxylation is 2. The smallest absolute Gasteiger partial charge is 0.264 e. The second-order valence-electron chi connectivity index (χ2n) is 5.71. The standard InChI is InChI=1S/C15H19N5O2S2/c1-10-7-12(24-11(10)2)14(22)20-5-3-19(4-6-20)8-13(21)17-15-18-16-9-23-15/h7,9H,3-6,8H2,1-2H3,(H,17,18,21). The topological polar surface area (TPSA) is 78.4 Å². The number of piperazine rings is 1. The summed E-state index contributed by atoms with van der Waals surface area (Å²) in [6, 6.07) is 1.96. The molecule has 2 aromatic heterocycles. The Hall–Kier alpha value is -1.84. The summed E-state index contributed by atoms with van der Waals surface area (Å²) in [5.74, 6) is -0.00908. The number of carbonyl (C=O) groups excluding carboxylic acids is 2. The Balaban J connectivity index is 1.48. The lowest BCUT2D eigenvalue weighted by Gasteiger charge is -2.34. The third kappa shape index (κ3) is 3.97. The number of carbonyl (C=O) groups is 2. The van der Waals surface area contributed by atoms with Gasteiger partial charge in [0.15, 0.2) is 0 Å². The van der Waals surface area contributed by atoms with Crippen LogP contribution in [0.1, 0.15) is 20.1 Å². The van der Waals surface area contributed by atoms with Crippen molar-refractivity contribution >= 4 is 39.6 Å². The summed E-state index contributed by atoms with van der Waals surface area (Å²) < 4.78 is 0. The number of amides is 2. The maximum atomic E-state index is 12.5. The van der Waals surface area contributed by atoms with Crippen LogP contribution < -0.4 is 5.32 Å². The molecule has 7 nitrogen and oxygen atoms in total. The van der Waals surface area contributed by atoms with Gasteiger partial charge < -0.3 is 4.90 Å². The number of nitrogens with zero attached hydrogens (tertiary/aromatic N) is 4. The van der Waals surface area contributed by atoms with Crippen LogP contribution in [0.2, 0.25) is 0 Å². The number of nitrogens with one attached hydrogen (secondary N) is 1. The minimum Gasteiger partial charge on any atom is -0.335 e. The van der Waals surface area contributed by atoms with Gasteiger partial charge in [-0.3, -0.25) is 19.8 Å². The predicted molar refractivity (Wildman–Crippen MR) is 94.7 cm³/mol. The molecule has 0 saturated carbocycles. The molecule has 0 spiro atoms. The average molecular weight is 365 g/mol. The van der Waals surface area contributed by atoms with Crippen LogP contribution in [0.15, 0.2) is 11.6 Å². The first-order chi connectivity index (χ1) is 11.5. The minimum absolute atomic E-state index is 0.0918. The zero-order chi connectivity index (χ0) is 17.1. The summed E-state index contributed by atoms with van der Waals surface area (Å²) in [5, 5.41) is 10.7. The lowest BCUT2D eigenvalue weighted by molar-refractivity contribution is -0.117. The summed E-state index contributed by atoms with van der Waals surface area (Å²) in [6.45, 7) is 7.03. The van der Waals surface area contributed by atoms with Crippen molar-refractivity contribution in [1.82, 2.24) is 20.0 Å². The molecule has 0 aliphatic carbocycles. The molecule has 1 aliphatic rings. The first-order valence-corrected chi connectivity index (χ1v) is 9.37. The van der Waals surface area contributed by atoms with E-state index in [0.717, 1.165) is 10.4 Å². The fourth-order valence-corrected chi connectivity index (χ4v) is 4.00. The van der Waals surface area contributed by atoms with E-state index in [4.69, 9.17) is 0 Å². The summed E-state index contributed by atoms with van der Waals surface area (Å²) in [6.07, 6.45) is 0. The molecule has 0 unspecified atom stereocenters. The molecule has 2 aromatic rings. The second-order valence-corrected chi connectivity index (χ2v) is 7.80. The maximum absolute atomic E-state index is 12.5. The van der Waals surface area contributed by atoms with Gasteiger partial charge in [0, 0.05) is 31.1 Å². The molecule has 2 amide bonds. The van der Waals surface area contributed by atoms with Gasteiger partial charge in [0.25, 0.3) is 5.91 Å². The Morgan fingerprint density at radius 3 is 2.58 bits per heavy atom. The number of thiophene rings is 1. The highest BCUT2D eigenvalue weighted by atomic mass is 32.1. The number of hydrogen-bond donors (Lipinski definition) is 1. The van der Waals surface area contributed by atoms with Crippen molar-refractivity contribution in [3.05, 3.63) is 26.9 Å². The number of hydrogen-bond acceptors (Lipinski definition) is 7. The molecule has 1 saturated heterocycles. The SMILES string of the molecule is Cc1cc(C(=O)N2CCN(CC(=O)Nc3nncs3)CC2)sc1C. The van der Waals surface area contributed by atoms with Crippen molar-refractivity contribution in [1.29, 1.82) is 0 Å². The van der Waals surface area contributed by atoms with Crippen molar-refractivity contribution in [2.45, 2.75) is 13.8 Å². The zero-order valence-electron chi connectivity index (χ0n) is 13.6. The summed E-state index contributed by atoms with van der Waals surface area (Å²) in [4.78, 5) is 30.4. The number of rotatable bonds is 4. The van der Waals surface area contributed by atoms with E-state index in [0.29, 0.717) is 37.9 Å². The Labute approximate surface area is 148 Å². The van der Waals surface area contributed by atoms with Crippen molar-refractivity contribution in [3.8, 4) is 0 Å². The van der Waals surface area contributed by atoms with E-state index in [1.807, 2.05) is 29.7 Å². The lowest BCUT2D eigenvalue weighted by atomic mass is 10.2. The Morgan fingerprint density at radius 2 is 2.00 bits per heavy atom. The highest BCUT2D eigenvalue weighted by molar-refractivity contribution is 7.14. The molecule has 3 rings (SSSR count). The summed E-state index contributed by atoms with van der Waals surface area (Å²) in [5.41, 5.74) is 2.74. The first-order valence-electron chi connectivity index (χ1n) is 7.67. The van der Waals surface area contributed by atoms with E-state index in [1.54, 1.807) is 16.8 Å². The van der Waals surface area contributed by atoms with Gasteiger partial charge >= 0.3 is 0 Å². The van der Waals surface area contributed by atoms with Crippen LogP contribution >= 0.6 is 22.7 Å². The van der Waals surface area contributed by atoms with Crippen LogP contribution in [0, 0.1) is 13.8 Å². The number of anilines is 1. The molecular weight excluding hydrogens is 346 g/mol. The van der Waals surface area contributed by atoms with Crippen LogP contribution in [0.25, 0.3) is 0 Å². The van der Waals surface area contributed by atoms with Gasteiger partial charge in [-0.05, 0) is 25.5 Å². The monoisotopic (exact) mass is 365 g/mol. The van der Waals surface area contributed by atoms with Gasteiger partial charge in [0.2, 0.25) is 11.0 Å². The van der Waals surface area contributed by atoms with Gasteiger partial charge in [-0.25, -0.2) is 0 Å². The second kappa shape index (κ2) is 7.37. The van der Waals surface area contributed by atoms with Crippen molar-refractivity contribution < 1.29 is 9.59 Å². The maximum Gasteiger partial charge on any atom is 0.264 e. The van der Waals surface area contributed by atoms with Crippen LogP contribution in [-0.4, -0.2) is 64.5 Å². The molecule has 1 aliphatic heterocycles. The molecule has 0 aromatic carbocycles.